The van der Waals surface area contributed by atoms with Crippen LogP contribution in [0, 0.1) is 13.8 Å². The van der Waals surface area contributed by atoms with Gasteiger partial charge < -0.3 is 20.1 Å². The minimum absolute atomic E-state index is 0. The number of nitrogens with one attached hydrogen (secondary N) is 2. The monoisotopic (exact) mass is 536 g/mol. The topological polar surface area (TPSA) is 67.8 Å². The van der Waals surface area contributed by atoms with Crippen LogP contribution in [0.2, 0.25) is 5.02 Å². The van der Waals surface area contributed by atoms with Crippen molar-refractivity contribution >= 4 is 52.9 Å². The van der Waals surface area contributed by atoms with Crippen LogP contribution in [0.25, 0.3) is 0 Å². The van der Waals surface area contributed by atoms with Crippen molar-refractivity contribution in [2.75, 3.05) is 19.8 Å². The number of aliphatic imine (C=N–C) groups is 1. The third-order valence-corrected chi connectivity index (χ3v) is 5.46. The molecular weight excluding hydrogens is 511 g/mol. The van der Waals surface area contributed by atoms with Gasteiger partial charge >= 0.3 is 0 Å². The van der Waals surface area contributed by atoms with E-state index in [2.05, 4.69) is 27.5 Å². The number of thiazole rings is 1. The second-order valence-corrected chi connectivity index (χ2v) is 7.95. The highest BCUT2D eigenvalue weighted by molar-refractivity contribution is 14.0. The fourth-order valence-corrected chi connectivity index (χ4v) is 3.82. The number of ether oxygens (including phenoxy) is 2. The van der Waals surface area contributed by atoms with Crippen LogP contribution in [0.15, 0.2) is 17.1 Å². The van der Waals surface area contributed by atoms with Crippen molar-refractivity contribution in [1.29, 1.82) is 0 Å². The Labute approximate surface area is 192 Å². The number of guanidine groups is 1. The van der Waals surface area contributed by atoms with Gasteiger partial charge in [-0.3, -0.25) is 0 Å². The second-order valence-electron chi connectivity index (χ2n) is 6.25. The Kier molecular flexibility index (Phi) is 9.10. The van der Waals surface area contributed by atoms with Gasteiger partial charge in [0.2, 0.25) is 0 Å². The highest BCUT2D eigenvalue weighted by Crippen LogP contribution is 2.38. The summed E-state index contributed by atoms with van der Waals surface area (Å²) < 4.78 is 11.4. The van der Waals surface area contributed by atoms with E-state index in [0.29, 0.717) is 42.8 Å². The normalized spacial score (nSPS) is 13.5. The zero-order valence-electron chi connectivity index (χ0n) is 16.3. The number of aryl methyl sites for hydroxylation is 2. The molecule has 0 saturated carbocycles. The third kappa shape index (κ3) is 6.12. The predicted molar refractivity (Wildman–Crippen MR) is 126 cm³/mol. The van der Waals surface area contributed by atoms with Crippen LogP contribution in [0.4, 0.5) is 0 Å². The molecular formula is C19H26ClIN4O2S. The highest BCUT2D eigenvalue weighted by Gasteiger charge is 2.15. The molecule has 2 heterocycles. The van der Waals surface area contributed by atoms with E-state index in [1.165, 1.54) is 4.88 Å². The van der Waals surface area contributed by atoms with E-state index in [1.807, 2.05) is 26.0 Å². The molecule has 9 heteroatoms. The molecule has 0 atom stereocenters. The van der Waals surface area contributed by atoms with Crippen molar-refractivity contribution in [1.82, 2.24) is 15.6 Å². The Morgan fingerprint density at radius 3 is 2.75 bits per heavy atom. The summed E-state index contributed by atoms with van der Waals surface area (Å²) in [5, 5.41) is 8.20. The van der Waals surface area contributed by atoms with Gasteiger partial charge in [-0.15, -0.1) is 35.3 Å². The molecule has 0 saturated heterocycles. The Balaban J connectivity index is 0.00000280. The summed E-state index contributed by atoms with van der Waals surface area (Å²) in [6.45, 7) is 9.32. The number of benzene rings is 1. The first-order valence-corrected chi connectivity index (χ1v) is 10.3. The number of halogens is 2. The highest BCUT2D eigenvalue weighted by atomic mass is 127. The average Bonchev–Trinajstić information content (AvgIpc) is 2.84. The first-order chi connectivity index (χ1) is 13.1. The molecule has 2 aromatic rings. The molecule has 0 bridgehead atoms. The van der Waals surface area contributed by atoms with Gasteiger partial charge in [0, 0.05) is 17.8 Å². The number of nitrogens with zero attached hydrogens (tertiary/aromatic N) is 2. The smallest absolute Gasteiger partial charge is 0.191 e. The molecule has 28 heavy (non-hydrogen) atoms. The van der Waals surface area contributed by atoms with Crippen LogP contribution in [-0.2, 0) is 13.1 Å². The van der Waals surface area contributed by atoms with E-state index in [-0.39, 0.29) is 24.0 Å². The molecule has 1 aliphatic rings. The van der Waals surface area contributed by atoms with Crippen LogP contribution in [0.1, 0.15) is 34.5 Å². The fourth-order valence-electron chi connectivity index (χ4n) is 2.66. The van der Waals surface area contributed by atoms with Gasteiger partial charge in [0.25, 0.3) is 0 Å². The van der Waals surface area contributed by atoms with E-state index in [9.17, 15) is 0 Å². The predicted octanol–water partition coefficient (Wildman–Crippen LogP) is 4.45. The van der Waals surface area contributed by atoms with Gasteiger partial charge in [-0.2, -0.15) is 0 Å². The van der Waals surface area contributed by atoms with Crippen molar-refractivity contribution in [2.24, 2.45) is 4.99 Å². The van der Waals surface area contributed by atoms with E-state index in [1.54, 1.807) is 11.3 Å². The summed E-state index contributed by atoms with van der Waals surface area (Å²) >= 11 is 8.07. The maximum Gasteiger partial charge on any atom is 0.191 e. The van der Waals surface area contributed by atoms with Crippen LogP contribution >= 0.6 is 46.9 Å². The summed E-state index contributed by atoms with van der Waals surface area (Å²) in [4.78, 5) is 10.5. The SMILES string of the molecule is CCNC(=NCc1cc(Cl)c2c(c1)OCCCO2)NCc1nc(C)c(C)s1.I. The minimum Gasteiger partial charge on any atom is -0.489 e. The van der Waals surface area contributed by atoms with Crippen molar-refractivity contribution in [3.63, 3.8) is 0 Å². The lowest BCUT2D eigenvalue weighted by Gasteiger charge is -2.12. The number of hydrogen-bond acceptors (Lipinski definition) is 5. The number of fused-ring (bicyclic) bond motifs is 1. The Morgan fingerprint density at radius 2 is 2.04 bits per heavy atom. The number of rotatable bonds is 5. The minimum atomic E-state index is 0. The van der Waals surface area contributed by atoms with Crippen molar-refractivity contribution in [3.05, 3.63) is 38.3 Å². The molecule has 2 N–H and O–H groups in total. The second kappa shape index (κ2) is 11.1. The molecule has 0 unspecified atom stereocenters. The lowest BCUT2D eigenvalue weighted by Crippen LogP contribution is -2.36. The van der Waals surface area contributed by atoms with Crippen LogP contribution in [0.5, 0.6) is 11.5 Å². The first-order valence-electron chi connectivity index (χ1n) is 9.10. The van der Waals surface area contributed by atoms with Crippen molar-refractivity contribution in [3.8, 4) is 11.5 Å². The lowest BCUT2D eigenvalue weighted by atomic mass is 10.2. The van der Waals surface area contributed by atoms with Gasteiger partial charge in [0.1, 0.15) is 5.01 Å². The molecule has 154 valence electrons. The largest absolute Gasteiger partial charge is 0.489 e. The van der Waals surface area contributed by atoms with Gasteiger partial charge in [0.15, 0.2) is 17.5 Å². The molecule has 1 aliphatic heterocycles. The average molecular weight is 537 g/mol. The lowest BCUT2D eigenvalue weighted by molar-refractivity contribution is 0.297. The van der Waals surface area contributed by atoms with Crippen LogP contribution in [0.3, 0.4) is 0 Å². The third-order valence-electron chi connectivity index (χ3n) is 4.11. The summed E-state index contributed by atoms with van der Waals surface area (Å²) in [6, 6.07) is 3.84. The Bertz CT molecular complexity index is 809. The molecule has 0 spiro atoms. The van der Waals surface area contributed by atoms with Gasteiger partial charge in [-0.25, -0.2) is 9.98 Å². The first kappa shape index (κ1) is 23.0. The van der Waals surface area contributed by atoms with Gasteiger partial charge in [-0.1, -0.05) is 11.6 Å². The maximum atomic E-state index is 6.36. The van der Waals surface area contributed by atoms with E-state index in [0.717, 1.165) is 35.2 Å². The molecule has 6 nitrogen and oxygen atoms in total. The van der Waals surface area contributed by atoms with Crippen molar-refractivity contribution < 1.29 is 9.47 Å². The molecule has 0 amide bonds. The van der Waals surface area contributed by atoms with E-state index in [4.69, 9.17) is 21.1 Å². The summed E-state index contributed by atoms with van der Waals surface area (Å²) in [6.07, 6.45) is 0.850. The Hall–Kier alpha value is -1.26. The molecule has 0 radical (unpaired) electrons. The zero-order chi connectivity index (χ0) is 19.2. The standard InChI is InChI=1S/C19H25ClN4O2S.HI/c1-4-21-19(23-11-17-24-12(2)13(3)27-17)22-10-14-8-15(20)18-16(9-14)25-6-5-7-26-18;/h8-9H,4-7,10-11H2,1-3H3,(H2,21,22,23);1H. The van der Waals surface area contributed by atoms with E-state index < -0.39 is 0 Å². The Morgan fingerprint density at radius 1 is 1.25 bits per heavy atom. The van der Waals surface area contributed by atoms with Crippen molar-refractivity contribution in [2.45, 2.75) is 40.3 Å². The summed E-state index contributed by atoms with van der Waals surface area (Å²) in [5.74, 6) is 2.06. The summed E-state index contributed by atoms with van der Waals surface area (Å²) in [5.41, 5.74) is 2.06. The molecule has 0 aliphatic carbocycles. The summed E-state index contributed by atoms with van der Waals surface area (Å²) in [7, 11) is 0. The number of aromatic nitrogens is 1. The van der Waals surface area contributed by atoms with E-state index >= 15 is 0 Å². The quantitative estimate of drug-likeness (QED) is 0.336. The van der Waals surface area contributed by atoms with Gasteiger partial charge in [0.05, 0.1) is 37.0 Å². The molecule has 1 aromatic heterocycles. The van der Waals surface area contributed by atoms with Gasteiger partial charge in [-0.05, 0) is 38.5 Å². The zero-order valence-corrected chi connectivity index (χ0v) is 20.2. The van der Waals surface area contributed by atoms with Crippen LogP contribution < -0.4 is 20.1 Å². The fraction of sp³-hybridized carbons (Fsp3) is 0.474. The van der Waals surface area contributed by atoms with Crippen LogP contribution in [-0.4, -0.2) is 30.7 Å². The number of hydrogen-bond donors (Lipinski definition) is 2. The molecule has 0 fully saturated rings. The molecule has 3 rings (SSSR count). The molecule has 1 aromatic carbocycles. The maximum absolute atomic E-state index is 6.36.